The van der Waals surface area contributed by atoms with Gasteiger partial charge in [0.1, 0.15) is 18.3 Å². The molecule has 4 atom stereocenters. The van der Waals surface area contributed by atoms with Crippen LogP contribution in [0.1, 0.15) is 11.8 Å². The summed E-state index contributed by atoms with van der Waals surface area (Å²) in [4.78, 5) is 4.08. The van der Waals surface area contributed by atoms with Gasteiger partial charge in [-0.05, 0) is 0 Å². The Morgan fingerprint density at radius 1 is 1.43 bits per heavy atom. The second kappa shape index (κ2) is 5.00. The van der Waals surface area contributed by atoms with Crippen molar-refractivity contribution in [3.8, 4) is 0 Å². The van der Waals surface area contributed by atoms with Crippen molar-refractivity contribution in [3.63, 3.8) is 0 Å². The molecule has 2 aromatic heterocycles. The number of hydrogen-bond acceptors (Lipinski definition) is 7. The van der Waals surface area contributed by atoms with E-state index in [0.29, 0.717) is 11.2 Å². The second-order valence-electron chi connectivity index (χ2n) is 4.73. The smallest absolute Gasteiger partial charge is 0.177 e. The highest BCUT2D eigenvalue weighted by atomic mass is 16.6. The molecular weight excluding hydrogens is 282 g/mol. The lowest BCUT2D eigenvalue weighted by Gasteiger charge is -2.17. The number of aliphatic hydroxyl groups is 3. The molecule has 0 unspecified atom stereocenters. The van der Waals surface area contributed by atoms with Crippen molar-refractivity contribution in [2.45, 2.75) is 24.5 Å². The fourth-order valence-electron chi connectivity index (χ4n) is 2.46. The Morgan fingerprint density at radius 2 is 2.19 bits per heavy atom. The van der Waals surface area contributed by atoms with Gasteiger partial charge in [0, 0.05) is 18.6 Å². The maximum Gasteiger partial charge on any atom is 0.177 e. The Bertz CT molecular complexity index is 680. The topological polar surface area (TPSA) is 151 Å². The summed E-state index contributed by atoms with van der Waals surface area (Å²) in [5, 5.41) is 40.7. The van der Waals surface area contributed by atoms with Crippen molar-refractivity contribution in [1.29, 1.82) is 0 Å². The fourth-order valence-corrected chi connectivity index (χ4v) is 2.46. The van der Waals surface area contributed by atoms with Crippen molar-refractivity contribution >= 4 is 11.5 Å². The zero-order chi connectivity index (χ0) is 15.1. The van der Waals surface area contributed by atoms with Gasteiger partial charge < -0.3 is 31.0 Å². The first-order chi connectivity index (χ1) is 10.1. The Hall–Kier alpha value is -2.14. The van der Waals surface area contributed by atoms with E-state index in [1.165, 1.54) is 21.6 Å². The number of hydrogen-bond donors (Lipinski definition) is 5. The number of aromatic nitrogens is 3. The number of amidine groups is 1. The maximum atomic E-state index is 10.1. The molecule has 3 heterocycles. The summed E-state index contributed by atoms with van der Waals surface area (Å²) in [6, 6.07) is 0. The molecule has 0 aliphatic carbocycles. The largest absolute Gasteiger partial charge is 0.409 e. The molecule has 114 valence electrons. The summed E-state index contributed by atoms with van der Waals surface area (Å²) >= 11 is 0. The third-order valence-electron chi connectivity index (χ3n) is 3.53. The molecule has 0 radical (unpaired) electrons. The van der Waals surface area contributed by atoms with Crippen LogP contribution in [0.3, 0.4) is 0 Å². The van der Waals surface area contributed by atoms with E-state index >= 15 is 0 Å². The molecule has 21 heavy (non-hydrogen) atoms. The average Bonchev–Trinajstić information content (AvgIpc) is 3.15. The molecule has 2 aromatic rings. The van der Waals surface area contributed by atoms with Crippen LogP contribution in [-0.4, -0.2) is 65.5 Å². The van der Waals surface area contributed by atoms with E-state index in [-0.39, 0.29) is 5.84 Å². The molecule has 1 fully saturated rings. The van der Waals surface area contributed by atoms with Crippen LogP contribution < -0.4 is 5.73 Å². The standard InChI is InChI=1S/C11H15N5O5/c12-9(14-20)5-3-16(15-2-1-13-10(5)15)11-8(19)7(18)6(4-17)21-11/h1-3,6-8,11,17-20H,4H2,(H2,12,14)/t6-,7-,8-,11-/m1/s1. The SMILES string of the molecule is NC(=NO)c1cn([C@@H]2O[C@H](CO)[C@@H](O)[C@H]2O)n2ccnc12. The van der Waals surface area contributed by atoms with Crippen LogP contribution in [0, 0.1) is 0 Å². The van der Waals surface area contributed by atoms with Crippen LogP contribution in [-0.2, 0) is 4.74 Å². The molecule has 10 nitrogen and oxygen atoms in total. The van der Waals surface area contributed by atoms with Gasteiger partial charge in [-0.25, -0.2) is 9.50 Å². The van der Waals surface area contributed by atoms with Crippen LogP contribution in [0.2, 0.25) is 0 Å². The molecule has 1 saturated heterocycles. The van der Waals surface area contributed by atoms with E-state index in [2.05, 4.69) is 10.1 Å². The van der Waals surface area contributed by atoms with E-state index in [9.17, 15) is 10.2 Å². The quantitative estimate of drug-likeness (QED) is 0.187. The molecule has 0 spiro atoms. The van der Waals surface area contributed by atoms with E-state index in [4.69, 9.17) is 20.8 Å². The van der Waals surface area contributed by atoms with Crippen molar-refractivity contribution in [1.82, 2.24) is 14.2 Å². The van der Waals surface area contributed by atoms with Gasteiger partial charge in [0.15, 0.2) is 17.7 Å². The van der Waals surface area contributed by atoms with Crippen molar-refractivity contribution in [3.05, 3.63) is 24.2 Å². The highest BCUT2D eigenvalue weighted by molar-refractivity contribution is 6.02. The molecule has 3 rings (SSSR count). The number of fused-ring (bicyclic) bond motifs is 1. The fraction of sp³-hybridized carbons (Fsp3) is 0.455. The number of nitrogens with two attached hydrogens (primary N) is 1. The Kier molecular flexibility index (Phi) is 3.29. The molecule has 1 aliphatic rings. The number of rotatable bonds is 3. The number of aliphatic hydroxyl groups excluding tert-OH is 3. The summed E-state index contributed by atoms with van der Waals surface area (Å²) in [6.07, 6.45) is 0.304. The molecule has 0 saturated carbocycles. The maximum absolute atomic E-state index is 10.1. The Labute approximate surface area is 118 Å². The lowest BCUT2D eigenvalue weighted by molar-refractivity contribution is -0.0603. The number of nitrogens with zero attached hydrogens (tertiary/aromatic N) is 4. The van der Waals surface area contributed by atoms with Crippen LogP contribution >= 0.6 is 0 Å². The third-order valence-corrected chi connectivity index (χ3v) is 3.53. The van der Waals surface area contributed by atoms with Crippen LogP contribution in [0.25, 0.3) is 5.65 Å². The zero-order valence-corrected chi connectivity index (χ0v) is 10.8. The number of imidazole rings is 1. The van der Waals surface area contributed by atoms with Crippen LogP contribution in [0.4, 0.5) is 0 Å². The zero-order valence-electron chi connectivity index (χ0n) is 10.8. The molecule has 10 heteroatoms. The van der Waals surface area contributed by atoms with Gasteiger partial charge in [0.25, 0.3) is 0 Å². The van der Waals surface area contributed by atoms with E-state index in [1.54, 1.807) is 6.20 Å². The van der Waals surface area contributed by atoms with Gasteiger partial charge in [-0.2, -0.15) is 0 Å². The summed E-state index contributed by atoms with van der Waals surface area (Å²) in [5.74, 6) is -0.142. The van der Waals surface area contributed by atoms with Crippen LogP contribution in [0.5, 0.6) is 0 Å². The van der Waals surface area contributed by atoms with Gasteiger partial charge in [-0.1, -0.05) is 5.16 Å². The highest BCUT2D eigenvalue weighted by Gasteiger charge is 2.44. The van der Waals surface area contributed by atoms with Crippen molar-refractivity contribution in [2.75, 3.05) is 6.61 Å². The predicted octanol–water partition coefficient (Wildman–Crippen LogP) is -2.16. The Balaban J connectivity index is 2.07. The summed E-state index contributed by atoms with van der Waals surface area (Å²) in [7, 11) is 0. The normalized spacial score (nSPS) is 30.3. The third kappa shape index (κ3) is 1.96. The van der Waals surface area contributed by atoms with Gasteiger partial charge in [-0.3, -0.25) is 4.68 Å². The first-order valence-electron chi connectivity index (χ1n) is 6.23. The van der Waals surface area contributed by atoms with Gasteiger partial charge >= 0.3 is 0 Å². The van der Waals surface area contributed by atoms with Gasteiger partial charge in [0.2, 0.25) is 0 Å². The monoisotopic (exact) mass is 297 g/mol. The second-order valence-corrected chi connectivity index (χ2v) is 4.73. The van der Waals surface area contributed by atoms with E-state index < -0.39 is 31.1 Å². The van der Waals surface area contributed by atoms with Crippen molar-refractivity contribution in [2.24, 2.45) is 10.9 Å². The first-order valence-corrected chi connectivity index (χ1v) is 6.23. The predicted molar refractivity (Wildman–Crippen MR) is 68.7 cm³/mol. The Morgan fingerprint density at radius 3 is 2.81 bits per heavy atom. The highest BCUT2D eigenvalue weighted by Crippen LogP contribution is 2.30. The number of oxime groups is 1. The van der Waals surface area contributed by atoms with Crippen LogP contribution in [0.15, 0.2) is 23.7 Å². The van der Waals surface area contributed by atoms with Crippen molar-refractivity contribution < 1.29 is 25.3 Å². The average molecular weight is 297 g/mol. The lowest BCUT2D eigenvalue weighted by Crippen LogP contribution is -2.33. The summed E-state index contributed by atoms with van der Waals surface area (Å²) < 4.78 is 8.44. The minimum Gasteiger partial charge on any atom is -0.409 e. The number of ether oxygens (including phenoxy) is 1. The lowest BCUT2D eigenvalue weighted by atomic mass is 10.1. The van der Waals surface area contributed by atoms with E-state index in [0.717, 1.165) is 0 Å². The minimum absolute atomic E-state index is 0.142. The minimum atomic E-state index is -1.24. The summed E-state index contributed by atoms with van der Waals surface area (Å²) in [5.41, 5.74) is 6.34. The molecule has 6 N–H and O–H groups in total. The van der Waals surface area contributed by atoms with Gasteiger partial charge in [0.05, 0.1) is 12.2 Å². The first kappa shape index (κ1) is 13.8. The van der Waals surface area contributed by atoms with E-state index in [1.807, 2.05) is 0 Å². The molecular formula is C11H15N5O5. The molecule has 0 aromatic carbocycles. The molecule has 0 amide bonds. The van der Waals surface area contributed by atoms with Gasteiger partial charge in [-0.15, -0.1) is 0 Å². The summed E-state index contributed by atoms with van der Waals surface area (Å²) in [6.45, 7) is -0.420. The molecule has 0 bridgehead atoms. The molecule has 1 aliphatic heterocycles.